The molecule has 31 heavy (non-hydrogen) atoms. The van der Waals surface area contributed by atoms with Crippen molar-refractivity contribution in [2.45, 2.75) is 26.4 Å². The number of esters is 1. The van der Waals surface area contributed by atoms with E-state index in [1.165, 1.54) is 4.90 Å². The number of nitrogen functional groups attached to an aromatic ring is 1. The Kier molecular flexibility index (Phi) is 6.01. The van der Waals surface area contributed by atoms with Gasteiger partial charge in [0.15, 0.2) is 12.4 Å². The fraction of sp³-hybridized carbons (Fsp3) is 0.261. The van der Waals surface area contributed by atoms with E-state index >= 15 is 0 Å². The molecule has 3 aromatic rings. The number of carbonyl (C=O) groups is 2. The Morgan fingerprint density at radius 1 is 1.10 bits per heavy atom. The average Bonchev–Trinajstić information content (AvgIpc) is 3.13. The van der Waals surface area contributed by atoms with Gasteiger partial charge in [-0.25, -0.2) is 4.79 Å². The van der Waals surface area contributed by atoms with Gasteiger partial charge < -0.3 is 24.5 Å². The van der Waals surface area contributed by atoms with Gasteiger partial charge in [0.05, 0.1) is 0 Å². The van der Waals surface area contributed by atoms with Crippen molar-refractivity contribution in [1.82, 2.24) is 0 Å². The van der Waals surface area contributed by atoms with Gasteiger partial charge in [-0.15, -0.1) is 0 Å². The molecule has 8 nitrogen and oxygen atoms in total. The van der Waals surface area contributed by atoms with Crippen molar-refractivity contribution in [2.24, 2.45) is 5.73 Å². The Hall–Kier alpha value is -3.81. The summed E-state index contributed by atoms with van der Waals surface area (Å²) in [7, 11) is 1.63. The number of carbonyl (C=O) groups excluding carboxylic acids is 2. The number of hydrogen-bond donors (Lipinski definition) is 2. The van der Waals surface area contributed by atoms with E-state index in [1.807, 2.05) is 0 Å². The maximum Gasteiger partial charge on any atom is 0.344 e. The average molecular weight is 423 g/mol. The molecule has 0 aliphatic carbocycles. The lowest BCUT2D eigenvalue weighted by atomic mass is 10.1. The molecular formula is C23H25N3O5. The maximum absolute atomic E-state index is 12.8. The highest BCUT2D eigenvalue weighted by Gasteiger charge is 2.19. The first-order valence-electron chi connectivity index (χ1n) is 9.64. The third-order valence-electron chi connectivity index (χ3n) is 4.34. The predicted octanol–water partition coefficient (Wildman–Crippen LogP) is 3.71. The quantitative estimate of drug-likeness (QED) is 0.354. The molecule has 1 aromatic heterocycles. The summed E-state index contributed by atoms with van der Waals surface area (Å²) in [6.07, 6.45) is 0. The zero-order chi connectivity index (χ0) is 22.8. The molecule has 3 rings (SSSR count). The summed E-state index contributed by atoms with van der Waals surface area (Å²) in [4.78, 5) is 26.0. The normalized spacial score (nSPS) is 11.2. The van der Waals surface area contributed by atoms with Crippen LogP contribution in [0.25, 0.3) is 11.0 Å². The molecule has 0 fully saturated rings. The molecule has 0 radical (unpaired) electrons. The second-order valence-corrected chi connectivity index (χ2v) is 8.01. The molecule has 0 spiro atoms. The highest BCUT2D eigenvalue weighted by atomic mass is 16.6. The molecule has 0 atom stereocenters. The van der Waals surface area contributed by atoms with Crippen LogP contribution in [0.3, 0.4) is 0 Å². The van der Waals surface area contributed by atoms with E-state index in [2.05, 4.69) is 0 Å². The van der Waals surface area contributed by atoms with Crippen LogP contribution in [0.1, 0.15) is 36.9 Å². The van der Waals surface area contributed by atoms with Crippen molar-refractivity contribution in [1.29, 1.82) is 5.41 Å². The number of nitrogens with one attached hydrogen (secondary N) is 1. The zero-order valence-electron chi connectivity index (χ0n) is 17.9. The fourth-order valence-electron chi connectivity index (χ4n) is 2.88. The van der Waals surface area contributed by atoms with Crippen LogP contribution < -0.4 is 15.4 Å². The molecule has 8 heteroatoms. The summed E-state index contributed by atoms with van der Waals surface area (Å²) < 4.78 is 16.3. The van der Waals surface area contributed by atoms with Gasteiger partial charge in [0, 0.05) is 23.7 Å². The number of ether oxygens (including phenoxy) is 2. The van der Waals surface area contributed by atoms with Crippen LogP contribution in [0.5, 0.6) is 5.75 Å². The number of anilines is 1. The van der Waals surface area contributed by atoms with Crippen LogP contribution in [-0.2, 0) is 9.53 Å². The minimum absolute atomic E-state index is 0.0536. The molecular weight excluding hydrogens is 398 g/mol. The fourth-order valence-corrected chi connectivity index (χ4v) is 2.88. The Labute approximate surface area is 180 Å². The van der Waals surface area contributed by atoms with Gasteiger partial charge in [0.2, 0.25) is 0 Å². The number of amidine groups is 1. The Morgan fingerprint density at radius 3 is 2.39 bits per heavy atom. The lowest BCUT2D eigenvalue weighted by Crippen LogP contribution is -2.27. The zero-order valence-corrected chi connectivity index (χ0v) is 17.9. The van der Waals surface area contributed by atoms with Crippen molar-refractivity contribution in [3.8, 4) is 5.75 Å². The summed E-state index contributed by atoms with van der Waals surface area (Å²) in [6.45, 7) is 5.16. The van der Waals surface area contributed by atoms with E-state index in [9.17, 15) is 9.59 Å². The predicted molar refractivity (Wildman–Crippen MR) is 118 cm³/mol. The first-order chi connectivity index (χ1) is 14.5. The van der Waals surface area contributed by atoms with E-state index in [1.54, 1.807) is 76.3 Å². The first kappa shape index (κ1) is 21.9. The topological polar surface area (TPSA) is 119 Å². The summed E-state index contributed by atoms with van der Waals surface area (Å²) in [5.41, 5.74) is 6.66. The van der Waals surface area contributed by atoms with Crippen molar-refractivity contribution >= 4 is 34.4 Å². The number of furan rings is 1. The number of hydrogen-bond acceptors (Lipinski definition) is 6. The molecule has 0 unspecified atom stereocenters. The Balaban J connectivity index is 1.67. The third kappa shape index (κ3) is 5.42. The van der Waals surface area contributed by atoms with Gasteiger partial charge in [-0.1, -0.05) is 0 Å². The van der Waals surface area contributed by atoms with E-state index in [4.69, 9.17) is 25.0 Å². The summed E-state index contributed by atoms with van der Waals surface area (Å²) in [6, 6.07) is 13.4. The number of nitrogens with zero attached hydrogens (tertiary/aromatic N) is 1. The van der Waals surface area contributed by atoms with Crippen molar-refractivity contribution in [3.63, 3.8) is 0 Å². The molecule has 3 N–H and O–H groups in total. The minimum atomic E-state index is -0.572. The van der Waals surface area contributed by atoms with Gasteiger partial charge >= 0.3 is 5.97 Å². The second kappa shape index (κ2) is 8.51. The number of fused-ring (bicyclic) bond motifs is 1. The maximum atomic E-state index is 12.8. The van der Waals surface area contributed by atoms with Crippen LogP contribution in [0.2, 0.25) is 0 Å². The summed E-state index contributed by atoms with van der Waals surface area (Å²) in [5.74, 6) is -0.189. The van der Waals surface area contributed by atoms with Gasteiger partial charge in [-0.3, -0.25) is 10.2 Å². The van der Waals surface area contributed by atoms with Gasteiger partial charge in [0.25, 0.3) is 5.91 Å². The van der Waals surface area contributed by atoms with E-state index in [0.29, 0.717) is 28.0 Å². The van der Waals surface area contributed by atoms with Crippen LogP contribution in [-0.4, -0.2) is 37.0 Å². The SMILES string of the molecule is CN(C(=O)c1cc2cc(C(=N)N)ccc2o1)c1ccc(OCC(=O)OC(C)(C)C)cc1. The van der Waals surface area contributed by atoms with Crippen molar-refractivity contribution in [3.05, 3.63) is 59.9 Å². The van der Waals surface area contributed by atoms with Crippen LogP contribution in [0, 0.1) is 5.41 Å². The first-order valence-corrected chi connectivity index (χ1v) is 9.64. The van der Waals surface area contributed by atoms with Gasteiger partial charge in [0.1, 0.15) is 22.8 Å². The lowest BCUT2D eigenvalue weighted by molar-refractivity contribution is -0.157. The van der Waals surface area contributed by atoms with Gasteiger partial charge in [-0.2, -0.15) is 0 Å². The number of amides is 1. The highest BCUT2D eigenvalue weighted by molar-refractivity contribution is 6.06. The number of rotatable bonds is 6. The molecule has 0 aliphatic heterocycles. The number of nitrogens with two attached hydrogens (primary N) is 1. The molecule has 0 bridgehead atoms. The van der Waals surface area contributed by atoms with Crippen molar-refractivity contribution in [2.75, 3.05) is 18.6 Å². The van der Waals surface area contributed by atoms with Gasteiger partial charge in [-0.05, 0) is 69.3 Å². The Bertz CT molecular complexity index is 1130. The molecule has 162 valence electrons. The summed E-state index contributed by atoms with van der Waals surface area (Å²) in [5, 5.41) is 8.22. The second-order valence-electron chi connectivity index (χ2n) is 8.01. The largest absolute Gasteiger partial charge is 0.482 e. The lowest BCUT2D eigenvalue weighted by Gasteiger charge is -2.19. The minimum Gasteiger partial charge on any atom is -0.482 e. The van der Waals surface area contributed by atoms with Crippen LogP contribution in [0.15, 0.2) is 52.9 Å². The molecule has 1 heterocycles. The molecule has 0 saturated heterocycles. The molecule has 0 aliphatic rings. The molecule has 1 amide bonds. The third-order valence-corrected chi connectivity index (χ3v) is 4.34. The van der Waals surface area contributed by atoms with Crippen LogP contribution in [0.4, 0.5) is 5.69 Å². The molecule has 0 saturated carbocycles. The van der Waals surface area contributed by atoms with E-state index < -0.39 is 11.6 Å². The Morgan fingerprint density at radius 2 is 1.77 bits per heavy atom. The summed E-state index contributed by atoms with van der Waals surface area (Å²) >= 11 is 0. The van der Waals surface area contributed by atoms with E-state index in [-0.39, 0.29) is 24.1 Å². The van der Waals surface area contributed by atoms with E-state index in [0.717, 1.165) is 0 Å². The monoisotopic (exact) mass is 423 g/mol. The highest BCUT2D eigenvalue weighted by Crippen LogP contribution is 2.24. The van der Waals surface area contributed by atoms with Crippen LogP contribution >= 0.6 is 0 Å². The standard InChI is InChI=1S/C23H25N3O5/c1-23(2,3)31-20(27)13-29-17-8-6-16(7-9-17)26(4)22(28)19-12-15-11-14(21(24)25)5-10-18(15)30-19/h5-12H,13H2,1-4H3,(H3,24,25). The van der Waals surface area contributed by atoms with Crippen molar-refractivity contribution < 1.29 is 23.5 Å². The smallest absolute Gasteiger partial charge is 0.344 e. The number of benzene rings is 2. The molecule has 2 aromatic carbocycles.